The Kier molecular flexibility index (Phi) is 6.73. The van der Waals surface area contributed by atoms with Crippen molar-refractivity contribution in [3.05, 3.63) is 82.7 Å². The summed E-state index contributed by atoms with van der Waals surface area (Å²) in [5, 5.41) is 7.31. The number of nitrogens with one attached hydrogen (secondary N) is 1. The number of nitrogens with zero attached hydrogens (tertiary/aromatic N) is 3. The number of ether oxygens (including phenoxy) is 1. The van der Waals surface area contributed by atoms with Gasteiger partial charge in [-0.05, 0) is 44.4 Å². The number of amides is 2. The quantitative estimate of drug-likeness (QED) is 0.528. The average molecular weight is 475 g/mol. The molecular weight excluding hydrogens is 444 g/mol. The van der Waals surface area contributed by atoms with E-state index in [0.29, 0.717) is 18.7 Å². The Morgan fingerprint density at radius 3 is 2.51 bits per heavy atom. The lowest BCUT2D eigenvalue weighted by atomic mass is 9.92. The smallest absolute Gasteiger partial charge is 0.358 e. The van der Waals surface area contributed by atoms with E-state index in [-0.39, 0.29) is 30.4 Å². The van der Waals surface area contributed by atoms with Crippen LogP contribution in [0.4, 0.5) is 5.69 Å². The lowest BCUT2D eigenvalue weighted by molar-refractivity contribution is -0.126. The molecule has 2 amide bonds. The molecule has 35 heavy (non-hydrogen) atoms. The average Bonchev–Trinajstić information content (AvgIpc) is 3.28. The Balaban J connectivity index is 1.74. The van der Waals surface area contributed by atoms with Crippen LogP contribution in [0.2, 0.25) is 0 Å². The number of benzene rings is 2. The van der Waals surface area contributed by atoms with E-state index in [2.05, 4.69) is 10.4 Å². The number of para-hydroxylation sites is 1. The van der Waals surface area contributed by atoms with Crippen LogP contribution in [-0.2, 0) is 29.0 Å². The Hall–Kier alpha value is -3.94. The van der Waals surface area contributed by atoms with Gasteiger partial charge in [0.05, 0.1) is 13.2 Å². The fourth-order valence-corrected chi connectivity index (χ4v) is 4.37. The molecule has 3 aromatic rings. The molecule has 0 bridgehead atoms. The van der Waals surface area contributed by atoms with Crippen molar-refractivity contribution in [1.29, 1.82) is 0 Å². The zero-order valence-electron chi connectivity index (χ0n) is 20.5. The summed E-state index contributed by atoms with van der Waals surface area (Å²) >= 11 is 0. The molecule has 182 valence electrons. The lowest BCUT2D eigenvalue weighted by Crippen LogP contribution is -2.64. The molecular formula is C27H30N4O4. The van der Waals surface area contributed by atoms with Gasteiger partial charge < -0.3 is 10.1 Å². The van der Waals surface area contributed by atoms with E-state index < -0.39 is 17.4 Å². The van der Waals surface area contributed by atoms with Crippen LogP contribution in [0.15, 0.2) is 54.6 Å². The van der Waals surface area contributed by atoms with Crippen molar-refractivity contribution in [3.8, 4) is 0 Å². The molecule has 2 heterocycles. The van der Waals surface area contributed by atoms with Gasteiger partial charge >= 0.3 is 5.97 Å². The lowest BCUT2D eigenvalue weighted by Gasteiger charge is -2.43. The molecule has 0 unspecified atom stereocenters. The standard InChI is InChI=1S/C27H30N4O4/c1-5-20-9-7-8-10-22(20)31-24(32)23-15-21(25(33)35-6-2)29-30(23)17-27(31,4)26(34)28-16-19-13-11-18(3)12-14-19/h7-15H,5-6,16-17H2,1-4H3,(H,28,34)/t27-/m1/s1. The van der Waals surface area contributed by atoms with Gasteiger partial charge in [0.2, 0.25) is 5.91 Å². The molecule has 0 aliphatic carbocycles. The number of fused-ring (bicyclic) bond motifs is 1. The molecule has 1 atom stereocenters. The van der Waals surface area contributed by atoms with E-state index in [1.807, 2.05) is 62.4 Å². The van der Waals surface area contributed by atoms with Crippen LogP contribution in [-0.4, -0.2) is 39.7 Å². The largest absolute Gasteiger partial charge is 0.461 e. The molecule has 8 heteroatoms. The first-order valence-corrected chi connectivity index (χ1v) is 11.8. The number of rotatable bonds is 7. The second kappa shape index (κ2) is 9.74. The molecule has 0 saturated heterocycles. The highest BCUT2D eigenvalue weighted by molar-refractivity contribution is 6.12. The Bertz CT molecular complexity index is 1260. The highest BCUT2D eigenvalue weighted by Crippen LogP contribution is 2.35. The summed E-state index contributed by atoms with van der Waals surface area (Å²) in [4.78, 5) is 41.4. The molecule has 0 fully saturated rings. The van der Waals surface area contributed by atoms with Crippen LogP contribution in [0, 0.1) is 6.92 Å². The first-order valence-electron chi connectivity index (χ1n) is 11.8. The predicted molar refractivity (Wildman–Crippen MR) is 132 cm³/mol. The summed E-state index contributed by atoms with van der Waals surface area (Å²) in [6, 6.07) is 16.9. The van der Waals surface area contributed by atoms with Crippen molar-refractivity contribution >= 4 is 23.5 Å². The maximum Gasteiger partial charge on any atom is 0.358 e. The minimum Gasteiger partial charge on any atom is -0.461 e. The summed E-state index contributed by atoms with van der Waals surface area (Å²) < 4.78 is 6.50. The minimum absolute atomic E-state index is 0.0447. The maximum absolute atomic E-state index is 13.8. The van der Waals surface area contributed by atoms with Gasteiger partial charge in [-0.1, -0.05) is 55.0 Å². The summed E-state index contributed by atoms with van der Waals surface area (Å²) in [5.74, 6) is -1.31. The normalized spacial score (nSPS) is 17.1. The van der Waals surface area contributed by atoms with Crippen molar-refractivity contribution in [2.45, 2.75) is 52.7 Å². The molecule has 2 aromatic carbocycles. The number of hydrogen-bond acceptors (Lipinski definition) is 5. The third-order valence-electron chi connectivity index (χ3n) is 6.31. The topological polar surface area (TPSA) is 93.5 Å². The first kappa shape index (κ1) is 24.2. The summed E-state index contributed by atoms with van der Waals surface area (Å²) in [6.07, 6.45) is 0.689. The van der Waals surface area contributed by atoms with E-state index in [0.717, 1.165) is 16.7 Å². The fourth-order valence-electron chi connectivity index (χ4n) is 4.37. The second-order valence-corrected chi connectivity index (χ2v) is 8.86. The van der Waals surface area contributed by atoms with Gasteiger partial charge in [0.1, 0.15) is 11.2 Å². The molecule has 0 spiro atoms. The second-order valence-electron chi connectivity index (χ2n) is 8.86. The zero-order chi connectivity index (χ0) is 25.2. The molecule has 0 saturated carbocycles. The number of aromatic nitrogens is 2. The summed E-state index contributed by atoms with van der Waals surface area (Å²) in [6.45, 7) is 8.06. The van der Waals surface area contributed by atoms with Crippen LogP contribution in [0.1, 0.15) is 58.4 Å². The van der Waals surface area contributed by atoms with E-state index in [9.17, 15) is 14.4 Å². The van der Waals surface area contributed by atoms with Crippen LogP contribution in [0.3, 0.4) is 0 Å². The van der Waals surface area contributed by atoms with Gasteiger partial charge in [0.15, 0.2) is 5.69 Å². The van der Waals surface area contributed by atoms with Gasteiger partial charge in [0.25, 0.3) is 5.91 Å². The van der Waals surface area contributed by atoms with Crippen molar-refractivity contribution in [2.24, 2.45) is 0 Å². The van der Waals surface area contributed by atoms with Gasteiger partial charge in [-0.15, -0.1) is 0 Å². The third kappa shape index (κ3) is 4.56. The first-order chi connectivity index (χ1) is 16.8. The number of carbonyl (C=O) groups excluding carboxylic acids is 3. The van der Waals surface area contributed by atoms with Crippen LogP contribution in [0.5, 0.6) is 0 Å². The van der Waals surface area contributed by atoms with E-state index >= 15 is 0 Å². The Labute approximate surface area is 204 Å². The van der Waals surface area contributed by atoms with Crippen molar-refractivity contribution < 1.29 is 19.1 Å². The van der Waals surface area contributed by atoms with Gasteiger partial charge in [0, 0.05) is 18.3 Å². The Morgan fingerprint density at radius 1 is 1.11 bits per heavy atom. The maximum atomic E-state index is 13.8. The highest BCUT2D eigenvalue weighted by Gasteiger charge is 2.49. The summed E-state index contributed by atoms with van der Waals surface area (Å²) in [5.41, 5.74) is 2.70. The zero-order valence-corrected chi connectivity index (χ0v) is 20.5. The number of anilines is 1. The predicted octanol–water partition coefficient (Wildman–Crippen LogP) is 3.67. The number of carbonyl (C=O) groups is 3. The van der Waals surface area contributed by atoms with Crippen LogP contribution >= 0.6 is 0 Å². The number of aryl methyl sites for hydroxylation is 2. The van der Waals surface area contributed by atoms with Gasteiger partial charge in [-0.25, -0.2) is 4.79 Å². The molecule has 8 nitrogen and oxygen atoms in total. The van der Waals surface area contributed by atoms with Gasteiger partial charge in [-0.3, -0.25) is 19.2 Å². The van der Waals surface area contributed by atoms with Crippen LogP contribution in [0.25, 0.3) is 0 Å². The van der Waals surface area contributed by atoms with Crippen molar-refractivity contribution in [2.75, 3.05) is 11.5 Å². The molecule has 1 aromatic heterocycles. The van der Waals surface area contributed by atoms with Gasteiger partial charge in [-0.2, -0.15) is 5.10 Å². The van der Waals surface area contributed by atoms with Crippen LogP contribution < -0.4 is 10.2 Å². The minimum atomic E-state index is -1.28. The molecule has 1 aliphatic heterocycles. The SMILES string of the molecule is CCOC(=O)c1cc2n(n1)C[C@](C)(C(=O)NCc1ccc(C)cc1)N(c1ccccc1CC)C2=O. The fraction of sp³-hybridized carbons (Fsp3) is 0.333. The van der Waals surface area contributed by atoms with E-state index in [4.69, 9.17) is 4.74 Å². The molecule has 1 N–H and O–H groups in total. The third-order valence-corrected chi connectivity index (χ3v) is 6.31. The molecule has 1 aliphatic rings. The number of esters is 1. The van der Waals surface area contributed by atoms with E-state index in [1.165, 1.54) is 10.7 Å². The molecule has 0 radical (unpaired) electrons. The van der Waals surface area contributed by atoms with Crippen molar-refractivity contribution in [3.63, 3.8) is 0 Å². The highest BCUT2D eigenvalue weighted by atomic mass is 16.5. The van der Waals surface area contributed by atoms with E-state index in [1.54, 1.807) is 18.7 Å². The molecule has 4 rings (SSSR count). The van der Waals surface area contributed by atoms with Crippen molar-refractivity contribution in [1.82, 2.24) is 15.1 Å². The Morgan fingerprint density at radius 2 is 1.83 bits per heavy atom. The monoisotopic (exact) mass is 474 g/mol. The summed E-state index contributed by atoms with van der Waals surface area (Å²) in [7, 11) is 0. The number of hydrogen-bond donors (Lipinski definition) is 1.